The van der Waals surface area contributed by atoms with Crippen LogP contribution in [0.2, 0.25) is 0 Å². The Morgan fingerprint density at radius 3 is 2.96 bits per heavy atom. The van der Waals surface area contributed by atoms with Gasteiger partial charge in [0.15, 0.2) is 0 Å². The predicted molar refractivity (Wildman–Crippen MR) is 94.8 cm³/mol. The van der Waals surface area contributed by atoms with Gasteiger partial charge in [-0.05, 0) is 38.4 Å². The molecule has 0 N–H and O–H groups in total. The first-order valence-electron chi connectivity index (χ1n) is 8.26. The smallest absolute Gasteiger partial charge is 0.0982 e. The van der Waals surface area contributed by atoms with Gasteiger partial charge in [0, 0.05) is 37.3 Å². The van der Waals surface area contributed by atoms with Crippen LogP contribution in [0, 0.1) is 6.92 Å². The third kappa shape index (κ3) is 2.91. The van der Waals surface area contributed by atoms with Crippen LogP contribution in [0.1, 0.15) is 35.0 Å². The average molecular weight is 326 g/mol. The van der Waals surface area contributed by atoms with Crippen molar-refractivity contribution in [2.75, 3.05) is 13.1 Å². The lowest BCUT2D eigenvalue weighted by molar-refractivity contribution is 0.200. The van der Waals surface area contributed by atoms with Gasteiger partial charge < -0.3 is 0 Å². The molecule has 3 heterocycles. The van der Waals surface area contributed by atoms with E-state index in [1.54, 1.807) is 0 Å². The number of thiazole rings is 1. The zero-order chi connectivity index (χ0) is 15.8. The molecule has 23 heavy (non-hydrogen) atoms. The molecule has 0 aliphatic carbocycles. The number of nitrogens with zero attached hydrogens (tertiary/aromatic N) is 4. The van der Waals surface area contributed by atoms with E-state index in [0.29, 0.717) is 5.92 Å². The molecule has 0 radical (unpaired) electrons. The van der Waals surface area contributed by atoms with Crippen LogP contribution in [0.25, 0.3) is 10.2 Å². The molecule has 0 spiro atoms. The highest BCUT2D eigenvalue weighted by molar-refractivity contribution is 7.18. The molecule has 2 aromatic heterocycles. The van der Waals surface area contributed by atoms with Crippen molar-refractivity contribution in [2.45, 2.75) is 32.2 Å². The fourth-order valence-corrected chi connectivity index (χ4v) is 4.50. The summed E-state index contributed by atoms with van der Waals surface area (Å²) in [5.41, 5.74) is 3.76. The number of aryl methyl sites for hydroxylation is 1. The SMILES string of the molecule is Cc1c(CN2CCCC(c3nc4ccccc4s3)C2)cnn1C. The molecule has 0 amide bonds. The summed E-state index contributed by atoms with van der Waals surface area (Å²) in [4.78, 5) is 7.43. The van der Waals surface area contributed by atoms with Crippen molar-refractivity contribution >= 4 is 21.6 Å². The Morgan fingerprint density at radius 2 is 2.17 bits per heavy atom. The van der Waals surface area contributed by atoms with Gasteiger partial charge in [-0.15, -0.1) is 11.3 Å². The first-order chi connectivity index (χ1) is 11.2. The van der Waals surface area contributed by atoms with E-state index in [1.165, 1.54) is 40.4 Å². The minimum atomic E-state index is 0.568. The first-order valence-corrected chi connectivity index (χ1v) is 9.07. The fourth-order valence-electron chi connectivity index (χ4n) is 3.41. The summed E-state index contributed by atoms with van der Waals surface area (Å²) in [6, 6.07) is 8.47. The summed E-state index contributed by atoms with van der Waals surface area (Å²) in [6.45, 7) is 5.43. The minimum Gasteiger partial charge on any atom is -0.298 e. The van der Waals surface area contributed by atoms with E-state index in [0.717, 1.165) is 18.6 Å². The van der Waals surface area contributed by atoms with E-state index in [-0.39, 0.29) is 0 Å². The van der Waals surface area contributed by atoms with E-state index in [2.05, 4.69) is 41.2 Å². The summed E-state index contributed by atoms with van der Waals surface area (Å²) in [7, 11) is 2.01. The van der Waals surface area contributed by atoms with Crippen LogP contribution in [0.3, 0.4) is 0 Å². The second-order valence-corrected chi connectivity index (χ2v) is 7.54. The van der Waals surface area contributed by atoms with Crippen LogP contribution in [0.15, 0.2) is 30.5 Å². The number of hydrogen-bond donors (Lipinski definition) is 0. The summed E-state index contributed by atoms with van der Waals surface area (Å²) < 4.78 is 3.27. The monoisotopic (exact) mass is 326 g/mol. The van der Waals surface area contributed by atoms with Crippen molar-refractivity contribution in [2.24, 2.45) is 7.05 Å². The van der Waals surface area contributed by atoms with Crippen molar-refractivity contribution in [1.82, 2.24) is 19.7 Å². The van der Waals surface area contributed by atoms with E-state index in [9.17, 15) is 0 Å². The van der Waals surface area contributed by atoms with Crippen LogP contribution >= 0.6 is 11.3 Å². The van der Waals surface area contributed by atoms with Crippen LogP contribution < -0.4 is 0 Å². The molecule has 1 fully saturated rings. The maximum atomic E-state index is 4.87. The van der Waals surface area contributed by atoms with Crippen LogP contribution in [-0.4, -0.2) is 32.8 Å². The Kier molecular flexibility index (Phi) is 3.91. The molecule has 1 aromatic carbocycles. The van der Waals surface area contributed by atoms with E-state index in [4.69, 9.17) is 4.98 Å². The molecule has 5 heteroatoms. The average Bonchev–Trinajstić information content (AvgIpc) is 3.14. The summed E-state index contributed by atoms with van der Waals surface area (Å²) >= 11 is 1.87. The maximum Gasteiger partial charge on any atom is 0.0982 e. The van der Waals surface area contributed by atoms with Gasteiger partial charge in [-0.25, -0.2) is 4.98 Å². The van der Waals surface area contributed by atoms with Gasteiger partial charge in [0.05, 0.1) is 21.4 Å². The molecule has 4 rings (SSSR count). The zero-order valence-electron chi connectivity index (χ0n) is 13.7. The standard InChI is InChI=1S/C18H22N4S/c1-13-15(10-19-21(13)2)12-22-9-5-6-14(11-22)18-20-16-7-3-4-8-17(16)23-18/h3-4,7-8,10,14H,5-6,9,11-12H2,1-2H3. The molecule has 1 aliphatic heterocycles. The second-order valence-electron chi connectivity index (χ2n) is 6.47. The number of hydrogen-bond acceptors (Lipinski definition) is 4. The number of benzene rings is 1. The second kappa shape index (κ2) is 6.06. The lowest BCUT2D eigenvalue weighted by atomic mass is 9.98. The topological polar surface area (TPSA) is 34.0 Å². The van der Waals surface area contributed by atoms with Gasteiger partial charge in [0.2, 0.25) is 0 Å². The predicted octanol–water partition coefficient (Wildman–Crippen LogP) is 3.72. The van der Waals surface area contributed by atoms with E-state index >= 15 is 0 Å². The maximum absolute atomic E-state index is 4.87. The minimum absolute atomic E-state index is 0.568. The Labute approximate surface area is 140 Å². The van der Waals surface area contributed by atoms with Gasteiger partial charge in [-0.2, -0.15) is 5.10 Å². The van der Waals surface area contributed by atoms with Crippen molar-refractivity contribution in [3.05, 3.63) is 46.7 Å². The molecule has 1 aliphatic rings. The normalized spacial score (nSPS) is 19.5. The third-order valence-electron chi connectivity index (χ3n) is 4.90. The Bertz CT molecular complexity index is 786. The van der Waals surface area contributed by atoms with Crippen LogP contribution in [-0.2, 0) is 13.6 Å². The molecular weight excluding hydrogens is 304 g/mol. The molecule has 4 nitrogen and oxygen atoms in total. The van der Waals surface area contributed by atoms with Gasteiger partial charge >= 0.3 is 0 Å². The van der Waals surface area contributed by atoms with E-state index in [1.807, 2.05) is 29.3 Å². The first kappa shape index (κ1) is 14.8. The molecule has 0 bridgehead atoms. The molecule has 1 atom stereocenters. The molecule has 1 saturated heterocycles. The Morgan fingerprint density at radius 1 is 1.30 bits per heavy atom. The lowest BCUT2D eigenvalue weighted by Crippen LogP contribution is -2.34. The molecule has 120 valence electrons. The highest BCUT2D eigenvalue weighted by Gasteiger charge is 2.24. The fraction of sp³-hybridized carbons (Fsp3) is 0.444. The number of aromatic nitrogens is 3. The molecule has 3 aromatic rings. The highest BCUT2D eigenvalue weighted by Crippen LogP contribution is 2.33. The largest absolute Gasteiger partial charge is 0.298 e. The number of piperidine rings is 1. The van der Waals surface area contributed by atoms with Gasteiger partial charge in [0.25, 0.3) is 0 Å². The number of para-hydroxylation sites is 1. The van der Waals surface area contributed by atoms with Crippen LogP contribution in [0.4, 0.5) is 0 Å². The molecule has 1 unspecified atom stereocenters. The Balaban J connectivity index is 1.51. The number of fused-ring (bicyclic) bond motifs is 1. The number of rotatable bonds is 3. The van der Waals surface area contributed by atoms with E-state index < -0.39 is 0 Å². The van der Waals surface area contributed by atoms with Crippen molar-refractivity contribution < 1.29 is 0 Å². The lowest BCUT2D eigenvalue weighted by Gasteiger charge is -2.31. The number of likely N-dealkylation sites (tertiary alicyclic amines) is 1. The summed E-state index contributed by atoms with van der Waals surface area (Å²) in [5, 5.41) is 5.67. The summed E-state index contributed by atoms with van der Waals surface area (Å²) in [6.07, 6.45) is 4.51. The van der Waals surface area contributed by atoms with Crippen LogP contribution in [0.5, 0.6) is 0 Å². The highest BCUT2D eigenvalue weighted by atomic mass is 32.1. The molecule has 0 saturated carbocycles. The molecular formula is C18H22N4S. The van der Waals surface area contributed by atoms with Crippen molar-refractivity contribution in [1.29, 1.82) is 0 Å². The third-order valence-corrected chi connectivity index (χ3v) is 6.09. The van der Waals surface area contributed by atoms with Gasteiger partial charge in [-0.3, -0.25) is 9.58 Å². The van der Waals surface area contributed by atoms with Crippen molar-refractivity contribution in [3.63, 3.8) is 0 Å². The quantitative estimate of drug-likeness (QED) is 0.735. The Hall–Kier alpha value is -1.72. The van der Waals surface area contributed by atoms with Gasteiger partial charge in [0.1, 0.15) is 0 Å². The van der Waals surface area contributed by atoms with Gasteiger partial charge in [-0.1, -0.05) is 12.1 Å². The zero-order valence-corrected chi connectivity index (χ0v) is 14.5. The summed E-state index contributed by atoms with van der Waals surface area (Å²) in [5.74, 6) is 0.568. The van der Waals surface area contributed by atoms with Crippen molar-refractivity contribution in [3.8, 4) is 0 Å².